The van der Waals surface area contributed by atoms with Crippen molar-refractivity contribution in [1.82, 2.24) is 10.2 Å². The Morgan fingerprint density at radius 1 is 1.21 bits per heavy atom. The summed E-state index contributed by atoms with van der Waals surface area (Å²) in [5, 5.41) is 3.26. The van der Waals surface area contributed by atoms with E-state index in [0.717, 1.165) is 13.1 Å². The molecule has 1 unspecified atom stereocenters. The maximum atomic E-state index is 3.26. The molecule has 0 amide bonds. The van der Waals surface area contributed by atoms with Gasteiger partial charge in [0, 0.05) is 18.6 Å². The lowest BCUT2D eigenvalue weighted by Crippen LogP contribution is -2.47. The molecule has 0 spiro atoms. The van der Waals surface area contributed by atoms with E-state index in [1.165, 1.54) is 17.5 Å². The van der Waals surface area contributed by atoms with Crippen LogP contribution < -0.4 is 5.32 Å². The highest BCUT2D eigenvalue weighted by molar-refractivity contribution is 5.25. The van der Waals surface area contributed by atoms with E-state index in [2.05, 4.69) is 69.2 Å². The smallest absolute Gasteiger partial charge is 0.0278 e. The van der Waals surface area contributed by atoms with E-state index in [9.17, 15) is 0 Å². The van der Waals surface area contributed by atoms with Crippen molar-refractivity contribution < 1.29 is 0 Å². The zero-order valence-corrected chi connectivity index (χ0v) is 13.5. The van der Waals surface area contributed by atoms with Crippen LogP contribution in [0.25, 0.3) is 0 Å². The molecule has 1 aromatic rings. The second kappa shape index (κ2) is 7.06. The number of likely N-dealkylation sites (N-methyl/N-ethyl adjacent to an activating group) is 2. The summed E-state index contributed by atoms with van der Waals surface area (Å²) in [4.78, 5) is 2.40. The molecular formula is C17H30N2. The Balaban J connectivity index is 2.67. The van der Waals surface area contributed by atoms with E-state index in [0.29, 0.717) is 5.92 Å². The minimum absolute atomic E-state index is 0.171. The van der Waals surface area contributed by atoms with E-state index in [1.807, 2.05) is 7.05 Å². The topological polar surface area (TPSA) is 15.3 Å². The lowest BCUT2D eigenvalue weighted by molar-refractivity contribution is 0.147. The molecule has 0 bridgehead atoms. The van der Waals surface area contributed by atoms with Crippen LogP contribution in [0.1, 0.15) is 51.2 Å². The SMILES string of the molecule is CCC(C)c1ccc(CN(C)C(C)(C)CNC)cc1. The molecule has 1 N–H and O–H groups in total. The molecule has 0 aliphatic heterocycles. The van der Waals surface area contributed by atoms with Crippen molar-refractivity contribution in [1.29, 1.82) is 0 Å². The number of hydrogen-bond donors (Lipinski definition) is 1. The predicted molar refractivity (Wildman–Crippen MR) is 84.6 cm³/mol. The third-order valence-corrected chi connectivity index (χ3v) is 4.22. The van der Waals surface area contributed by atoms with Crippen molar-refractivity contribution in [3.63, 3.8) is 0 Å². The van der Waals surface area contributed by atoms with Crippen molar-refractivity contribution in [2.24, 2.45) is 0 Å². The lowest BCUT2D eigenvalue weighted by atomic mass is 9.97. The molecule has 1 rings (SSSR count). The second-order valence-corrected chi connectivity index (χ2v) is 6.25. The minimum Gasteiger partial charge on any atom is -0.318 e. The van der Waals surface area contributed by atoms with Crippen LogP contribution in [0.15, 0.2) is 24.3 Å². The number of nitrogens with zero attached hydrogens (tertiary/aromatic N) is 1. The first-order valence-corrected chi connectivity index (χ1v) is 7.35. The fourth-order valence-corrected chi connectivity index (χ4v) is 2.24. The molecule has 1 aromatic carbocycles. The van der Waals surface area contributed by atoms with Gasteiger partial charge in [0.25, 0.3) is 0 Å². The van der Waals surface area contributed by atoms with Gasteiger partial charge in [-0.15, -0.1) is 0 Å². The maximum absolute atomic E-state index is 3.26. The van der Waals surface area contributed by atoms with Crippen LogP contribution in [-0.4, -0.2) is 31.1 Å². The molecule has 0 saturated carbocycles. The maximum Gasteiger partial charge on any atom is 0.0278 e. The highest BCUT2D eigenvalue weighted by Crippen LogP contribution is 2.20. The van der Waals surface area contributed by atoms with Gasteiger partial charge in [0.15, 0.2) is 0 Å². The summed E-state index contributed by atoms with van der Waals surface area (Å²) in [6.45, 7) is 11.1. The summed E-state index contributed by atoms with van der Waals surface area (Å²) < 4.78 is 0. The summed E-state index contributed by atoms with van der Waals surface area (Å²) in [6.07, 6.45) is 1.20. The van der Waals surface area contributed by atoms with Crippen molar-refractivity contribution >= 4 is 0 Å². The van der Waals surface area contributed by atoms with E-state index in [4.69, 9.17) is 0 Å². The lowest BCUT2D eigenvalue weighted by Gasteiger charge is -2.35. The summed E-state index contributed by atoms with van der Waals surface area (Å²) >= 11 is 0. The van der Waals surface area contributed by atoms with Gasteiger partial charge in [-0.25, -0.2) is 0 Å². The van der Waals surface area contributed by atoms with Gasteiger partial charge in [-0.3, -0.25) is 4.90 Å². The Hall–Kier alpha value is -0.860. The summed E-state index contributed by atoms with van der Waals surface area (Å²) in [5.74, 6) is 0.660. The molecule has 0 heterocycles. The van der Waals surface area contributed by atoms with Crippen molar-refractivity contribution in [2.45, 2.75) is 52.1 Å². The van der Waals surface area contributed by atoms with Gasteiger partial charge in [-0.2, -0.15) is 0 Å². The summed E-state index contributed by atoms with van der Waals surface area (Å²) in [5.41, 5.74) is 3.01. The van der Waals surface area contributed by atoms with Crippen molar-refractivity contribution in [2.75, 3.05) is 20.6 Å². The van der Waals surface area contributed by atoms with E-state index >= 15 is 0 Å². The highest BCUT2D eigenvalue weighted by atomic mass is 15.2. The average Bonchev–Trinajstić information content (AvgIpc) is 2.38. The van der Waals surface area contributed by atoms with Gasteiger partial charge in [-0.05, 0) is 51.4 Å². The molecule has 0 saturated heterocycles. The standard InChI is InChI=1S/C17H30N2/c1-7-14(2)16-10-8-15(9-11-16)12-19(6)17(3,4)13-18-5/h8-11,14,18H,7,12-13H2,1-6H3. The van der Waals surface area contributed by atoms with Gasteiger partial charge in [0.1, 0.15) is 0 Å². The molecule has 0 radical (unpaired) electrons. The van der Waals surface area contributed by atoms with E-state index < -0.39 is 0 Å². The normalized spacial score (nSPS) is 13.8. The first-order chi connectivity index (χ1) is 8.90. The first-order valence-electron chi connectivity index (χ1n) is 7.35. The molecule has 0 fully saturated rings. The first kappa shape index (κ1) is 16.2. The van der Waals surface area contributed by atoms with Crippen LogP contribution in [0.3, 0.4) is 0 Å². The zero-order chi connectivity index (χ0) is 14.5. The number of hydrogen-bond acceptors (Lipinski definition) is 2. The van der Waals surface area contributed by atoms with Crippen LogP contribution >= 0.6 is 0 Å². The van der Waals surface area contributed by atoms with Crippen LogP contribution in [0.5, 0.6) is 0 Å². The fourth-order valence-electron chi connectivity index (χ4n) is 2.24. The average molecular weight is 262 g/mol. The molecule has 2 nitrogen and oxygen atoms in total. The van der Waals surface area contributed by atoms with E-state index in [1.54, 1.807) is 0 Å². The van der Waals surface area contributed by atoms with Gasteiger partial charge in [-0.1, -0.05) is 38.1 Å². The summed E-state index contributed by atoms with van der Waals surface area (Å²) in [7, 11) is 4.20. The monoisotopic (exact) mass is 262 g/mol. The molecule has 2 heteroatoms. The van der Waals surface area contributed by atoms with Crippen LogP contribution in [-0.2, 0) is 6.54 Å². The van der Waals surface area contributed by atoms with Gasteiger partial charge < -0.3 is 5.32 Å². The molecule has 1 atom stereocenters. The zero-order valence-electron chi connectivity index (χ0n) is 13.5. The molecular weight excluding hydrogens is 232 g/mol. The van der Waals surface area contributed by atoms with E-state index in [-0.39, 0.29) is 5.54 Å². The third-order valence-electron chi connectivity index (χ3n) is 4.22. The number of nitrogens with one attached hydrogen (secondary N) is 1. The molecule has 108 valence electrons. The summed E-state index contributed by atoms with van der Waals surface area (Å²) in [6, 6.07) is 9.10. The molecule has 0 aliphatic carbocycles. The Morgan fingerprint density at radius 2 is 1.79 bits per heavy atom. The fraction of sp³-hybridized carbons (Fsp3) is 0.647. The Labute approximate surface area is 119 Å². The van der Waals surface area contributed by atoms with Gasteiger partial charge in [0.2, 0.25) is 0 Å². The number of benzene rings is 1. The quantitative estimate of drug-likeness (QED) is 0.807. The highest BCUT2D eigenvalue weighted by Gasteiger charge is 2.22. The predicted octanol–water partition coefficient (Wildman–Crippen LogP) is 3.63. The van der Waals surface area contributed by atoms with Crippen LogP contribution in [0, 0.1) is 0 Å². The van der Waals surface area contributed by atoms with Crippen LogP contribution in [0.2, 0.25) is 0 Å². The van der Waals surface area contributed by atoms with Crippen LogP contribution in [0.4, 0.5) is 0 Å². The van der Waals surface area contributed by atoms with Gasteiger partial charge in [0.05, 0.1) is 0 Å². The minimum atomic E-state index is 0.171. The van der Waals surface area contributed by atoms with Gasteiger partial charge >= 0.3 is 0 Å². The second-order valence-electron chi connectivity index (χ2n) is 6.25. The third kappa shape index (κ3) is 4.63. The molecule has 0 aliphatic rings. The Bertz CT molecular complexity index is 367. The largest absolute Gasteiger partial charge is 0.318 e. The Morgan fingerprint density at radius 3 is 2.26 bits per heavy atom. The van der Waals surface area contributed by atoms with Crippen molar-refractivity contribution in [3.8, 4) is 0 Å². The van der Waals surface area contributed by atoms with Crippen molar-refractivity contribution in [3.05, 3.63) is 35.4 Å². The Kier molecular flexibility index (Phi) is 6.02. The molecule has 19 heavy (non-hydrogen) atoms. The number of rotatable bonds is 7. The molecule has 0 aromatic heterocycles.